The minimum absolute atomic E-state index is 0.0754. The molecule has 1 unspecified atom stereocenters. The Hall–Kier alpha value is -0.0404. The van der Waals surface area contributed by atoms with Gasteiger partial charge in [-0.15, -0.1) is 0 Å². The molecular formula is C15H23NOSTe. The van der Waals surface area contributed by atoms with Crippen molar-refractivity contribution in [3.63, 3.8) is 0 Å². The summed E-state index contributed by atoms with van der Waals surface area (Å²) in [7, 11) is 0. The molecule has 0 N–H and O–H groups in total. The fourth-order valence-corrected chi connectivity index (χ4v) is 6.52. The van der Waals surface area contributed by atoms with E-state index >= 15 is 0 Å². The molecule has 2 rings (SSSR count). The molecule has 2 nitrogen and oxygen atoms in total. The topological polar surface area (TPSA) is 22.1 Å². The molecule has 0 saturated carbocycles. The molecule has 0 fully saturated rings. The second-order valence-electron chi connectivity index (χ2n) is 5.10. The Kier molecular flexibility index (Phi) is 5.74. The number of hydrogen-bond donors (Lipinski definition) is 0. The quantitative estimate of drug-likeness (QED) is 0.644. The van der Waals surface area contributed by atoms with Crippen LogP contribution in [0.4, 0.5) is 0 Å². The summed E-state index contributed by atoms with van der Waals surface area (Å²) in [5.74, 6) is 0.683. The van der Waals surface area contributed by atoms with Crippen LogP contribution in [-0.2, 0) is 0 Å². The standard InChI is InChI=1S/C15H23NOSTe/c1-5-7-8-12(6-2)9-17-15-16-13-10(3)19-11(4)14(13)18-15/h12H,5-9H2,1-4H3. The monoisotopic (exact) mass is 395 g/mol. The number of rotatable bonds is 7. The molecule has 2 heterocycles. The van der Waals surface area contributed by atoms with Crippen molar-refractivity contribution in [3.8, 4) is 5.19 Å². The molecule has 0 aliphatic carbocycles. The molecule has 2 aromatic rings. The van der Waals surface area contributed by atoms with E-state index in [0.717, 1.165) is 11.8 Å². The van der Waals surface area contributed by atoms with Crippen LogP contribution in [0.2, 0.25) is 0 Å². The van der Waals surface area contributed by atoms with Gasteiger partial charge in [0, 0.05) is 0 Å². The molecular weight excluding hydrogens is 370 g/mol. The Morgan fingerprint density at radius 1 is 1.26 bits per heavy atom. The van der Waals surface area contributed by atoms with Crippen molar-refractivity contribution >= 4 is 42.0 Å². The summed E-state index contributed by atoms with van der Waals surface area (Å²) in [6, 6.07) is 0. The molecule has 0 aliphatic rings. The van der Waals surface area contributed by atoms with E-state index in [0.29, 0.717) is 5.92 Å². The van der Waals surface area contributed by atoms with Crippen LogP contribution in [0.15, 0.2) is 0 Å². The van der Waals surface area contributed by atoms with E-state index in [1.165, 1.54) is 39.5 Å². The van der Waals surface area contributed by atoms with Crippen LogP contribution in [0.1, 0.15) is 46.7 Å². The summed E-state index contributed by atoms with van der Waals surface area (Å²) >= 11 is 1.68. The molecule has 0 bridgehead atoms. The van der Waals surface area contributed by atoms with Crippen LogP contribution in [0.25, 0.3) is 10.2 Å². The van der Waals surface area contributed by atoms with Crippen molar-refractivity contribution in [3.05, 3.63) is 7.16 Å². The average Bonchev–Trinajstić information content (AvgIpc) is 2.92. The Balaban J connectivity index is 1.99. The SMILES string of the molecule is CCCCC(CC)COc1nc2c(C)[te]c(C)c2s1. The first-order valence-electron chi connectivity index (χ1n) is 7.15. The summed E-state index contributed by atoms with van der Waals surface area (Å²) in [5, 5.41) is 0.880. The zero-order valence-corrected chi connectivity index (χ0v) is 15.4. The predicted octanol–water partition coefficient (Wildman–Crippen LogP) is 4.57. The maximum atomic E-state index is 5.95. The molecule has 1 atom stereocenters. The van der Waals surface area contributed by atoms with E-state index in [4.69, 9.17) is 4.74 Å². The maximum absolute atomic E-state index is 5.95. The molecule has 19 heavy (non-hydrogen) atoms. The number of thiazole rings is 1. The van der Waals surface area contributed by atoms with Gasteiger partial charge in [-0.05, 0) is 0 Å². The Labute approximate surface area is 129 Å². The van der Waals surface area contributed by atoms with Crippen LogP contribution in [-0.4, -0.2) is 32.0 Å². The summed E-state index contributed by atoms with van der Waals surface area (Å²) in [6.07, 6.45) is 5.06. The summed E-state index contributed by atoms with van der Waals surface area (Å²) in [4.78, 5) is 4.68. The summed E-state index contributed by atoms with van der Waals surface area (Å²) < 4.78 is 10.4. The van der Waals surface area contributed by atoms with Crippen molar-refractivity contribution in [2.75, 3.05) is 6.61 Å². The number of ether oxygens (including phenoxy) is 1. The Morgan fingerprint density at radius 3 is 2.68 bits per heavy atom. The third-order valence-corrected chi connectivity index (χ3v) is 7.93. The number of aromatic nitrogens is 1. The summed E-state index contributed by atoms with van der Waals surface area (Å²) in [5.41, 5.74) is 1.24. The van der Waals surface area contributed by atoms with Gasteiger partial charge in [-0.1, -0.05) is 0 Å². The van der Waals surface area contributed by atoms with E-state index in [2.05, 4.69) is 32.7 Å². The van der Waals surface area contributed by atoms with Crippen molar-refractivity contribution in [2.45, 2.75) is 53.4 Å². The van der Waals surface area contributed by atoms with E-state index in [1.54, 1.807) is 14.9 Å². The number of nitrogens with zero attached hydrogens (tertiary/aromatic N) is 1. The summed E-state index contributed by atoms with van der Waals surface area (Å²) in [6.45, 7) is 9.83. The van der Waals surface area contributed by atoms with Crippen LogP contribution < -0.4 is 4.74 Å². The van der Waals surface area contributed by atoms with E-state index in [1.807, 2.05) is 0 Å². The fraction of sp³-hybridized carbons (Fsp3) is 0.667. The second kappa shape index (κ2) is 7.11. The molecule has 0 aromatic carbocycles. The zero-order valence-electron chi connectivity index (χ0n) is 12.3. The normalized spacial score (nSPS) is 13.1. The van der Waals surface area contributed by atoms with Gasteiger partial charge < -0.3 is 0 Å². The van der Waals surface area contributed by atoms with Crippen molar-refractivity contribution < 1.29 is 4.74 Å². The Morgan fingerprint density at radius 2 is 2.05 bits per heavy atom. The van der Waals surface area contributed by atoms with Gasteiger partial charge in [-0.25, -0.2) is 0 Å². The van der Waals surface area contributed by atoms with Gasteiger partial charge in [0.05, 0.1) is 0 Å². The molecule has 0 radical (unpaired) electrons. The van der Waals surface area contributed by atoms with E-state index < -0.39 is 0 Å². The molecule has 0 amide bonds. The van der Waals surface area contributed by atoms with Crippen LogP contribution in [0.5, 0.6) is 5.19 Å². The van der Waals surface area contributed by atoms with Gasteiger partial charge in [-0.2, -0.15) is 0 Å². The predicted molar refractivity (Wildman–Crippen MR) is 84.8 cm³/mol. The van der Waals surface area contributed by atoms with Gasteiger partial charge in [-0.3, -0.25) is 0 Å². The first-order chi connectivity index (χ1) is 9.15. The minimum atomic E-state index is -0.0754. The van der Waals surface area contributed by atoms with Crippen LogP contribution >= 0.6 is 11.3 Å². The fourth-order valence-electron chi connectivity index (χ4n) is 2.25. The molecule has 0 saturated heterocycles. The Bertz CT molecular complexity index is 497. The van der Waals surface area contributed by atoms with Gasteiger partial charge in [0.1, 0.15) is 0 Å². The molecule has 4 heteroatoms. The van der Waals surface area contributed by atoms with Gasteiger partial charge in [0.15, 0.2) is 0 Å². The average molecular weight is 393 g/mol. The molecule has 0 aliphatic heterocycles. The van der Waals surface area contributed by atoms with Gasteiger partial charge in [0.2, 0.25) is 0 Å². The molecule has 0 spiro atoms. The molecule has 106 valence electrons. The van der Waals surface area contributed by atoms with Crippen molar-refractivity contribution in [1.29, 1.82) is 0 Å². The van der Waals surface area contributed by atoms with E-state index in [-0.39, 0.29) is 20.4 Å². The van der Waals surface area contributed by atoms with Gasteiger partial charge >= 0.3 is 130 Å². The first-order valence-corrected chi connectivity index (χ1v) is 10.3. The van der Waals surface area contributed by atoms with Gasteiger partial charge in [0.25, 0.3) is 0 Å². The zero-order chi connectivity index (χ0) is 13.8. The van der Waals surface area contributed by atoms with E-state index in [9.17, 15) is 0 Å². The number of fused-ring (bicyclic) bond motifs is 1. The van der Waals surface area contributed by atoms with Crippen molar-refractivity contribution in [2.24, 2.45) is 5.92 Å². The van der Waals surface area contributed by atoms with Crippen LogP contribution in [0.3, 0.4) is 0 Å². The number of hydrogen-bond acceptors (Lipinski definition) is 3. The van der Waals surface area contributed by atoms with Crippen LogP contribution in [0, 0.1) is 19.8 Å². The third-order valence-electron chi connectivity index (χ3n) is 3.55. The second-order valence-corrected chi connectivity index (χ2v) is 10.1. The third kappa shape index (κ3) is 3.74. The first kappa shape index (κ1) is 15.4. The van der Waals surface area contributed by atoms with Crippen molar-refractivity contribution in [1.82, 2.24) is 4.98 Å². The number of unbranched alkanes of at least 4 members (excludes halogenated alkanes) is 1. The molecule has 2 aromatic heterocycles. The number of aryl methyl sites for hydroxylation is 2.